The zero-order valence-electron chi connectivity index (χ0n) is 13.8. The maximum Gasteiger partial charge on any atom is 0.262 e. The second-order valence-corrected chi connectivity index (χ2v) is 7.88. The number of aryl methyl sites for hydroxylation is 2. The van der Waals surface area contributed by atoms with Crippen LogP contribution in [0.2, 0.25) is 0 Å². The van der Waals surface area contributed by atoms with Crippen molar-refractivity contribution in [1.82, 2.24) is 0 Å². The van der Waals surface area contributed by atoms with Crippen molar-refractivity contribution in [3.05, 3.63) is 53.3 Å². The lowest BCUT2D eigenvalue weighted by Crippen LogP contribution is -2.22. The summed E-state index contributed by atoms with van der Waals surface area (Å²) in [5, 5.41) is 0. The number of rotatable bonds is 4. The summed E-state index contributed by atoms with van der Waals surface area (Å²) in [7, 11) is -3.78. The largest absolute Gasteiger partial charge is 0.370 e. The highest BCUT2D eigenvalue weighted by molar-refractivity contribution is 7.92. The number of nitrogens with zero attached hydrogens (tertiary/aromatic N) is 1. The van der Waals surface area contributed by atoms with Gasteiger partial charge in [0.1, 0.15) is 5.82 Å². The summed E-state index contributed by atoms with van der Waals surface area (Å²) in [6.45, 7) is 5.30. The highest BCUT2D eigenvalue weighted by Gasteiger charge is 2.22. The van der Waals surface area contributed by atoms with E-state index in [4.69, 9.17) is 0 Å². The number of halogens is 1. The number of hydrogen-bond donors (Lipinski definition) is 1. The molecule has 3 rings (SSSR count). The van der Waals surface area contributed by atoms with E-state index in [0.29, 0.717) is 5.56 Å². The third kappa shape index (κ3) is 3.38. The summed E-state index contributed by atoms with van der Waals surface area (Å²) in [5.74, 6) is -0.461. The molecule has 1 saturated heterocycles. The fourth-order valence-electron chi connectivity index (χ4n) is 3.02. The Labute approximate surface area is 142 Å². The van der Waals surface area contributed by atoms with E-state index < -0.39 is 15.8 Å². The summed E-state index contributed by atoms with van der Waals surface area (Å²) in [6, 6.07) is 9.52. The minimum absolute atomic E-state index is 0.221. The van der Waals surface area contributed by atoms with E-state index in [0.717, 1.165) is 37.2 Å². The summed E-state index contributed by atoms with van der Waals surface area (Å²) in [5.41, 5.74) is 2.53. The van der Waals surface area contributed by atoms with Gasteiger partial charge in [-0.15, -0.1) is 0 Å². The molecule has 1 aliphatic rings. The van der Waals surface area contributed by atoms with Crippen molar-refractivity contribution in [1.29, 1.82) is 0 Å². The van der Waals surface area contributed by atoms with Crippen molar-refractivity contribution in [2.75, 3.05) is 22.7 Å². The lowest BCUT2D eigenvalue weighted by Gasteiger charge is -2.22. The quantitative estimate of drug-likeness (QED) is 0.913. The lowest BCUT2D eigenvalue weighted by atomic mass is 10.2. The minimum atomic E-state index is -3.78. The Morgan fingerprint density at radius 2 is 1.75 bits per heavy atom. The smallest absolute Gasteiger partial charge is 0.262 e. The van der Waals surface area contributed by atoms with Crippen LogP contribution in [0.3, 0.4) is 0 Å². The predicted octanol–water partition coefficient (Wildman–Crippen LogP) is 3.84. The van der Waals surface area contributed by atoms with Gasteiger partial charge in [0.05, 0.1) is 16.3 Å². The van der Waals surface area contributed by atoms with Gasteiger partial charge in [-0.1, -0.05) is 12.1 Å². The van der Waals surface area contributed by atoms with Crippen LogP contribution in [0.15, 0.2) is 41.3 Å². The van der Waals surface area contributed by atoms with Crippen LogP contribution >= 0.6 is 0 Å². The van der Waals surface area contributed by atoms with Crippen LogP contribution in [0.4, 0.5) is 15.8 Å². The molecule has 6 heteroatoms. The highest BCUT2D eigenvalue weighted by atomic mass is 32.2. The number of benzene rings is 2. The summed E-state index contributed by atoms with van der Waals surface area (Å²) < 4.78 is 41.9. The molecule has 24 heavy (non-hydrogen) atoms. The average Bonchev–Trinajstić information content (AvgIpc) is 3.03. The van der Waals surface area contributed by atoms with E-state index in [-0.39, 0.29) is 10.6 Å². The van der Waals surface area contributed by atoms with Crippen molar-refractivity contribution < 1.29 is 12.8 Å². The second-order valence-electron chi connectivity index (χ2n) is 6.23. The van der Waals surface area contributed by atoms with E-state index in [2.05, 4.69) is 9.62 Å². The fourth-order valence-corrected chi connectivity index (χ4v) is 4.42. The summed E-state index contributed by atoms with van der Waals surface area (Å²) in [6.07, 6.45) is 2.11. The van der Waals surface area contributed by atoms with E-state index in [1.54, 1.807) is 25.1 Å². The van der Waals surface area contributed by atoms with Crippen molar-refractivity contribution in [2.45, 2.75) is 31.6 Å². The molecular weight excluding hydrogens is 327 g/mol. The molecule has 0 amide bonds. The highest BCUT2D eigenvalue weighted by Crippen LogP contribution is 2.32. The molecule has 1 heterocycles. The first kappa shape index (κ1) is 16.8. The zero-order chi connectivity index (χ0) is 17.3. The lowest BCUT2D eigenvalue weighted by molar-refractivity contribution is 0.600. The normalized spacial score (nSPS) is 14.9. The molecule has 4 nitrogen and oxygen atoms in total. The standard InChI is InChI=1S/C18H21FN2O2S/c1-13-5-6-14(2)18(11-13)24(22,23)20-16-12-15(19)7-8-17(16)21-9-3-4-10-21/h5-8,11-12,20H,3-4,9-10H2,1-2H3. The van der Waals surface area contributed by atoms with Crippen molar-refractivity contribution in [2.24, 2.45) is 0 Å². The van der Waals surface area contributed by atoms with Crippen LogP contribution in [0.1, 0.15) is 24.0 Å². The van der Waals surface area contributed by atoms with Gasteiger partial charge in [0, 0.05) is 19.2 Å². The molecule has 0 unspecified atom stereocenters. The van der Waals surface area contributed by atoms with Crippen LogP contribution in [0, 0.1) is 19.7 Å². The molecule has 1 N–H and O–H groups in total. The Morgan fingerprint density at radius 1 is 1.04 bits per heavy atom. The topological polar surface area (TPSA) is 49.4 Å². The van der Waals surface area contributed by atoms with Gasteiger partial charge in [-0.25, -0.2) is 12.8 Å². The third-order valence-corrected chi connectivity index (χ3v) is 5.79. The molecule has 0 radical (unpaired) electrons. The summed E-state index contributed by atoms with van der Waals surface area (Å²) >= 11 is 0. The Kier molecular flexibility index (Phi) is 4.49. The third-order valence-electron chi connectivity index (χ3n) is 4.28. The van der Waals surface area contributed by atoms with Gasteiger partial charge in [-0.05, 0) is 56.0 Å². The molecule has 128 valence electrons. The molecule has 0 saturated carbocycles. The van der Waals surface area contributed by atoms with Gasteiger partial charge in [0.25, 0.3) is 10.0 Å². The molecule has 0 aliphatic carbocycles. The van der Waals surface area contributed by atoms with E-state index in [9.17, 15) is 12.8 Å². The number of hydrogen-bond acceptors (Lipinski definition) is 3. The second kappa shape index (κ2) is 6.43. The molecule has 2 aromatic rings. The number of anilines is 2. The minimum Gasteiger partial charge on any atom is -0.370 e. The molecule has 0 aromatic heterocycles. The van der Waals surface area contributed by atoms with Crippen LogP contribution < -0.4 is 9.62 Å². The van der Waals surface area contributed by atoms with Crippen LogP contribution in [0.5, 0.6) is 0 Å². The maximum atomic E-state index is 13.7. The van der Waals surface area contributed by atoms with E-state index >= 15 is 0 Å². The molecular formula is C18H21FN2O2S. The summed E-state index contributed by atoms with van der Waals surface area (Å²) in [4.78, 5) is 2.31. The predicted molar refractivity (Wildman–Crippen MR) is 94.6 cm³/mol. The number of sulfonamides is 1. The fraction of sp³-hybridized carbons (Fsp3) is 0.333. The van der Waals surface area contributed by atoms with Gasteiger partial charge in [-0.2, -0.15) is 0 Å². The van der Waals surface area contributed by atoms with Gasteiger partial charge in [0.2, 0.25) is 0 Å². The Balaban J connectivity index is 2.00. The van der Waals surface area contributed by atoms with Crippen molar-refractivity contribution in [3.8, 4) is 0 Å². The first-order chi connectivity index (χ1) is 11.4. The van der Waals surface area contributed by atoms with E-state index in [1.807, 2.05) is 13.0 Å². The molecule has 0 spiro atoms. The SMILES string of the molecule is Cc1ccc(C)c(S(=O)(=O)Nc2cc(F)ccc2N2CCCC2)c1. The van der Waals surface area contributed by atoms with Gasteiger partial charge in [-0.3, -0.25) is 4.72 Å². The first-order valence-electron chi connectivity index (χ1n) is 8.01. The molecule has 0 atom stereocenters. The van der Waals surface area contributed by atoms with Gasteiger partial charge >= 0.3 is 0 Å². The van der Waals surface area contributed by atoms with Crippen molar-refractivity contribution >= 4 is 21.4 Å². The molecule has 1 fully saturated rings. The van der Waals surface area contributed by atoms with E-state index in [1.165, 1.54) is 12.1 Å². The zero-order valence-corrected chi connectivity index (χ0v) is 14.7. The Morgan fingerprint density at radius 3 is 2.46 bits per heavy atom. The van der Waals surface area contributed by atoms with Crippen LogP contribution in [-0.2, 0) is 10.0 Å². The monoisotopic (exact) mass is 348 g/mol. The van der Waals surface area contributed by atoms with Gasteiger partial charge < -0.3 is 4.90 Å². The van der Waals surface area contributed by atoms with Gasteiger partial charge in [0.15, 0.2) is 0 Å². The first-order valence-corrected chi connectivity index (χ1v) is 9.50. The van der Waals surface area contributed by atoms with Crippen molar-refractivity contribution in [3.63, 3.8) is 0 Å². The van der Waals surface area contributed by atoms with Crippen LogP contribution in [0.25, 0.3) is 0 Å². The molecule has 2 aromatic carbocycles. The maximum absolute atomic E-state index is 13.7. The Hall–Kier alpha value is -2.08. The molecule has 0 bridgehead atoms. The average molecular weight is 348 g/mol. The van der Waals surface area contributed by atoms with Crippen LogP contribution in [-0.4, -0.2) is 21.5 Å². The number of nitrogens with one attached hydrogen (secondary N) is 1. The molecule has 1 aliphatic heterocycles. The Bertz CT molecular complexity index is 859.